The molecule has 1 N–H and O–H groups in total. The Morgan fingerprint density at radius 2 is 1.91 bits per heavy atom. The van der Waals surface area contributed by atoms with Gasteiger partial charge in [0.1, 0.15) is 17.9 Å². The van der Waals surface area contributed by atoms with E-state index in [1.165, 1.54) is 0 Å². The van der Waals surface area contributed by atoms with Crippen LogP contribution in [0.4, 0.5) is 0 Å². The van der Waals surface area contributed by atoms with Gasteiger partial charge in [-0.25, -0.2) is 0 Å². The Balaban J connectivity index is 1.90. The van der Waals surface area contributed by atoms with Crippen LogP contribution in [0.1, 0.15) is 17.2 Å². The third kappa shape index (κ3) is 3.28. The standard InChI is InChI=1S/C18H18N2O2/c19-12-15-8-4-5-9-16(15)22-18(14-6-2-1-3-7-14)17-13-20-10-11-21-17/h1-9,17-18,20H,10-11,13H2. The van der Waals surface area contributed by atoms with E-state index < -0.39 is 0 Å². The van der Waals surface area contributed by atoms with Gasteiger partial charge in [0.2, 0.25) is 0 Å². The first-order valence-electron chi connectivity index (χ1n) is 7.41. The van der Waals surface area contributed by atoms with E-state index in [0.717, 1.165) is 18.7 Å². The first-order valence-corrected chi connectivity index (χ1v) is 7.41. The molecule has 1 saturated heterocycles. The number of hydrogen-bond donors (Lipinski definition) is 1. The SMILES string of the molecule is N#Cc1ccccc1OC(c1ccccc1)C1CNCCO1. The molecule has 0 bridgehead atoms. The van der Waals surface area contributed by atoms with Crippen molar-refractivity contribution in [2.45, 2.75) is 12.2 Å². The number of benzene rings is 2. The first kappa shape index (κ1) is 14.6. The molecule has 0 aromatic heterocycles. The molecule has 0 radical (unpaired) electrons. The molecule has 2 unspecified atom stereocenters. The molecule has 0 spiro atoms. The van der Waals surface area contributed by atoms with Gasteiger partial charge in [0.05, 0.1) is 12.2 Å². The van der Waals surface area contributed by atoms with Crippen LogP contribution < -0.4 is 10.1 Å². The summed E-state index contributed by atoms with van der Waals surface area (Å²) in [6.07, 6.45) is -0.327. The van der Waals surface area contributed by atoms with Crippen molar-refractivity contribution in [2.24, 2.45) is 0 Å². The summed E-state index contributed by atoms with van der Waals surface area (Å²) < 4.78 is 12.0. The van der Waals surface area contributed by atoms with Gasteiger partial charge in [0.25, 0.3) is 0 Å². The Hall–Kier alpha value is -2.35. The molecule has 4 nitrogen and oxygen atoms in total. The number of ether oxygens (including phenoxy) is 2. The summed E-state index contributed by atoms with van der Waals surface area (Å²) in [5, 5.41) is 12.6. The second kappa shape index (κ2) is 7.08. The Bertz CT molecular complexity index is 646. The molecule has 2 aromatic carbocycles. The quantitative estimate of drug-likeness (QED) is 0.942. The van der Waals surface area contributed by atoms with Gasteiger partial charge in [-0.05, 0) is 17.7 Å². The second-order valence-electron chi connectivity index (χ2n) is 5.17. The molecule has 0 amide bonds. The van der Waals surface area contributed by atoms with Gasteiger partial charge in [0, 0.05) is 13.1 Å². The minimum atomic E-state index is -0.247. The molecule has 1 aliphatic heterocycles. The summed E-state index contributed by atoms with van der Waals surface area (Å²) in [5.74, 6) is 0.591. The molecular weight excluding hydrogens is 276 g/mol. The molecule has 112 valence electrons. The lowest BCUT2D eigenvalue weighted by Crippen LogP contribution is -2.43. The third-order valence-corrected chi connectivity index (χ3v) is 3.68. The van der Waals surface area contributed by atoms with Crippen molar-refractivity contribution in [3.8, 4) is 11.8 Å². The van der Waals surface area contributed by atoms with Crippen LogP contribution in [-0.4, -0.2) is 25.8 Å². The number of nitrogens with zero attached hydrogens (tertiary/aromatic N) is 1. The maximum Gasteiger partial charge on any atom is 0.151 e. The molecule has 1 aliphatic rings. The highest BCUT2D eigenvalue weighted by atomic mass is 16.5. The van der Waals surface area contributed by atoms with Crippen LogP contribution in [-0.2, 0) is 4.74 Å². The lowest BCUT2D eigenvalue weighted by Gasteiger charge is -2.31. The molecule has 0 saturated carbocycles. The highest BCUT2D eigenvalue weighted by molar-refractivity contribution is 5.43. The monoisotopic (exact) mass is 294 g/mol. The lowest BCUT2D eigenvalue weighted by molar-refractivity contribution is -0.0433. The van der Waals surface area contributed by atoms with E-state index in [1.54, 1.807) is 6.07 Å². The first-order chi connectivity index (χ1) is 10.9. The Kier molecular flexibility index (Phi) is 4.69. The molecule has 0 aliphatic carbocycles. The summed E-state index contributed by atoms with van der Waals surface area (Å²) >= 11 is 0. The van der Waals surface area contributed by atoms with Crippen LogP contribution in [0, 0.1) is 11.3 Å². The van der Waals surface area contributed by atoms with Crippen LogP contribution in [0.15, 0.2) is 54.6 Å². The lowest BCUT2D eigenvalue weighted by atomic mass is 10.0. The molecule has 1 fully saturated rings. The van der Waals surface area contributed by atoms with Gasteiger partial charge in [-0.1, -0.05) is 42.5 Å². The number of morpholine rings is 1. The zero-order valence-corrected chi connectivity index (χ0v) is 12.2. The summed E-state index contributed by atoms with van der Waals surface area (Å²) in [6, 6.07) is 19.5. The highest BCUT2D eigenvalue weighted by Crippen LogP contribution is 2.29. The van der Waals surface area contributed by atoms with Gasteiger partial charge in [0.15, 0.2) is 6.10 Å². The van der Waals surface area contributed by atoms with Gasteiger partial charge < -0.3 is 14.8 Å². The Labute approximate surface area is 130 Å². The predicted molar refractivity (Wildman–Crippen MR) is 83.6 cm³/mol. The molecule has 4 heteroatoms. The fourth-order valence-electron chi connectivity index (χ4n) is 2.58. The summed E-state index contributed by atoms with van der Waals surface area (Å²) in [7, 11) is 0. The third-order valence-electron chi connectivity index (χ3n) is 3.68. The van der Waals surface area contributed by atoms with Gasteiger partial charge in [-0.15, -0.1) is 0 Å². The minimum absolute atomic E-state index is 0.0806. The van der Waals surface area contributed by atoms with Gasteiger partial charge >= 0.3 is 0 Å². The topological polar surface area (TPSA) is 54.3 Å². The second-order valence-corrected chi connectivity index (χ2v) is 5.17. The normalized spacial score (nSPS) is 19.1. The number of nitriles is 1. The molecule has 22 heavy (non-hydrogen) atoms. The van der Waals surface area contributed by atoms with E-state index in [2.05, 4.69) is 11.4 Å². The van der Waals surface area contributed by atoms with Crippen molar-refractivity contribution in [1.82, 2.24) is 5.32 Å². The number of hydrogen-bond acceptors (Lipinski definition) is 4. The highest BCUT2D eigenvalue weighted by Gasteiger charge is 2.28. The van der Waals surface area contributed by atoms with Crippen LogP contribution >= 0.6 is 0 Å². The maximum atomic E-state index is 9.24. The largest absolute Gasteiger partial charge is 0.482 e. The maximum absolute atomic E-state index is 9.24. The molecule has 3 rings (SSSR count). The zero-order valence-electron chi connectivity index (χ0n) is 12.2. The van der Waals surface area contributed by atoms with E-state index in [4.69, 9.17) is 9.47 Å². The Morgan fingerprint density at radius 1 is 1.14 bits per heavy atom. The summed E-state index contributed by atoms with van der Waals surface area (Å²) in [6.45, 7) is 2.25. The van der Waals surface area contributed by atoms with Crippen molar-refractivity contribution in [1.29, 1.82) is 5.26 Å². The summed E-state index contributed by atoms with van der Waals surface area (Å²) in [4.78, 5) is 0. The summed E-state index contributed by atoms with van der Waals surface area (Å²) in [5.41, 5.74) is 1.58. The fourth-order valence-corrected chi connectivity index (χ4v) is 2.58. The minimum Gasteiger partial charge on any atom is -0.482 e. The molecule has 2 atom stereocenters. The van der Waals surface area contributed by atoms with Gasteiger partial charge in [-0.3, -0.25) is 0 Å². The average Bonchev–Trinajstić information content (AvgIpc) is 2.61. The van der Waals surface area contributed by atoms with E-state index in [0.29, 0.717) is 17.9 Å². The van der Waals surface area contributed by atoms with Crippen LogP contribution in [0.25, 0.3) is 0 Å². The predicted octanol–water partition coefficient (Wildman–Crippen LogP) is 2.67. The zero-order chi connectivity index (χ0) is 15.2. The molecular formula is C18H18N2O2. The van der Waals surface area contributed by atoms with E-state index >= 15 is 0 Å². The van der Waals surface area contributed by atoms with Crippen molar-refractivity contribution >= 4 is 0 Å². The number of nitrogens with one attached hydrogen (secondary N) is 1. The average molecular weight is 294 g/mol. The fraction of sp³-hybridized carbons (Fsp3) is 0.278. The van der Waals surface area contributed by atoms with E-state index in [9.17, 15) is 5.26 Å². The number of rotatable bonds is 4. The van der Waals surface area contributed by atoms with E-state index in [1.807, 2.05) is 48.5 Å². The smallest absolute Gasteiger partial charge is 0.151 e. The Morgan fingerprint density at radius 3 is 2.64 bits per heavy atom. The van der Waals surface area contributed by atoms with Crippen molar-refractivity contribution in [3.63, 3.8) is 0 Å². The van der Waals surface area contributed by atoms with Crippen LogP contribution in [0.2, 0.25) is 0 Å². The van der Waals surface area contributed by atoms with Gasteiger partial charge in [-0.2, -0.15) is 5.26 Å². The number of para-hydroxylation sites is 1. The van der Waals surface area contributed by atoms with Crippen LogP contribution in [0.3, 0.4) is 0 Å². The van der Waals surface area contributed by atoms with Crippen LogP contribution in [0.5, 0.6) is 5.75 Å². The van der Waals surface area contributed by atoms with Crippen molar-refractivity contribution < 1.29 is 9.47 Å². The van der Waals surface area contributed by atoms with E-state index in [-0.39, 0.29) is 12.2 Å². The molecule has 1 heterocycles. The van der Waals surface area contributed by atoms with Crippen molar-refractivity contribution in [3.05, 3.63) is 65.7 Å². The van der Waals surface area contributed by atoms with Crippen molar-refractivity contribution in [2.75, 3.05) is 19.7 Å². The molecule has 2 aromatic rings.